The first-order chi connectivity index (χ1) is 12.6. The molecule has 0 bridgehead atoms. The number of amidine groups is 1. The van der Waals surface area contributed by atoms with Gasteiger partial charge in [-0.15, -0.1) is 0 Å². The van der Waals surface area contributed by atoms with Crippen LogP contribution >= 0.6 is 15.9 Å². The third kappa shape index (κ3) is 3.13. The lowest BCUT2D eigenvalue weighted by molar-refractivity contribution is 0.397. The van der Waals surface area contributed by atoms with Crippen molar-refractivity contribution in [1.82, 2.24) is 0 Å². The molecule has 1 unspecified atom stereocenters. The van der Waals surface area contributed by atoms with Gasteiger partial charge >= 0.3 is 0 Å². The van der Waals surface area contributed by atoms with E-state index in [1.165, 1.54) is 12.6 Å². The van der Waals surface area contributed by atoms with Crippen molar-refractivity contribution in [3.8, 4) is 12.1 Å². The average molecular weight is 410 g/mol. The first-order valence-electron chi connectivity index (χ1n) is 8.71. The zero-order valence-electron chi connectivity index (χ0n) is 14.4. The Labute approximate surface area is 161 Å². The summed E-state index contributed by atoms with van der Waals surface area (Å²) >= 11 is 3.52. The van der Waals surface area contributed by atoms with Crippen LogP contribution < -0.4 is 11.5 Å². The van der Waals surface area contributed by atoms with Gasteiger partial charge in [-0.1, -0.05) is 31.4 Å². The van der Waals surface area contributed by atoms with Gasteiger partial charge in [0.2, 0.25) is 0 Å². The average Bonchev–Trinajstić information content (AvgIpc) is 2.68. The van der Waals surface area contributed by atoms with Crippen molar-refractivity contribution in [1.29, 1.82) is 10.5 Å². The number of benzene rings is 1. The Hall–Kier alpha value is -2.57. The molecule has 0 radical (unpaired) electrons. The molecule has 0 amide bonds. The summed E-state index contributed by atoms with van der Waals surface area (Å²) in [7, 11) is 0. The molecule has 0 spiro atoms. The van der Waals surface area contributed by atoms with Crippen molar-refractivity contribution >= 4 is 21.8 Å². The first kappa shape index (κ1) is 18.2. The second-order valence-electron chi connectivity index (χ2n) is 6.62. The number of aliphatic imine (C=N–C) groups is 1. The third-order valence-electron chi connectivity index (χ3n) is 5.16. The number of rotatable bonds is 2. The molecule has 26 heavy (non-hydrogen) atoms. The lowest BCUT2D eigenvalue weighted by atomic mass is 9.77. The molecule has 132 valence electrons. The van der Waals surface area contributed by atoms with Crippen LogP contribution in [0.15, 0.2) is 50.7 Å². The van der Waals surface area contributed by atoms with Crippen LogP contribution in [0, 0.1) is 28.6 Å². The van der Waals surface area contributed by atoms with Gasteiger partial charge in [-0.2, -0.15) is 10.5 Å². The Morgan fingerprint density at radius 2 is 1.88 bits per heavy atom. The summed E-state index contributed by atoms with van der Waals surface area (Å²) in [5.74, 6) is 0.185. The molecular weight excluding hydrogens is 390 g/mol. The van der Waals surface area contributed by atoms with Gasteiger partial charge in [0, 0.05) is 22.2 Å². The molecule has 3 rings (SSSR count). The molecular formula is C20H20BrN5. The minimum absolute atomic E-state index is 0.247. The van der Waals surface area contributed by atoms with E-state index in [9.17, 15) is 10.5 Å². The van der Waals surface area contributed by atoms with Crippen molar-refractivity contribution in [2.24, 2.45) is 22.4 Å². The fourth-order valence-electron chi connectivity index (χ4n) is 3.88. The lowest BCUT2D eigenvalue weighted by Gasteiger charge is -2.31. The SMILES string of the molecule is N#CC1=C(C2CCCCC2)N=C(N)/C(=C\N)C1c1cccc(C#N)c1Br. The Kier molecular flexibility index (Phi) is 5.44. The molecule has 1 saturated carbocycles. The van der Waals surface area contributed by atoms with Crippen LogP contribution in [0.2, 0.25) is 0 Å². The van der Waals surface area contributed by atoms with Crippen LogP contribution in [-0.4, -0.2) is 5.84 Å². The fourth-order valence-corrected chi connectivity index (χ4v) is 4.46. The van der Waals surface area contributed by atoms with E-state index in [0.29, 0.717) is 27.0 Å². The monoisotopic (exact) mass is 409 g/mol. The van der Waals surface area contributed by atoms with Crippen LogP contribution in [0.3, 0.4) is 0 Å². The number of halogens is 1. The Morgan fingerprint density at radius 1 is 1.15 bits per heavy atom. The molecule has 1 aliphatic heterocycles. The molecule has 6 heteroatoms. The van der Waals surface area contributed by atoms with Crippen LogP contribution in [0.4, 0.5) is 0 Å². The largest absolute Gasteiger partial charge is 0.404 e. The van der Waals surface area contributed by atoms with Gasteiger partial charge in [-0.3, -0.25) is 0 Å². The fraction of sp³-hybridized carbons (Fsp3) is 0.350. The van der Waals surface area contributed by atoms with E-state index < -0.39 is 5.92 Å². The van der Waals surface area contributed by atoms with Gasteiger partial charge in [-0.25, -0.2) is 4.99 Å². The number of nitriles is 2. The summed E-state index contributed by atoms with van der Waals surface area (Å²) in [5, 5.41) is 19.3. The maximum atomic E-state index is 9.97. The van der Waals surface area contributed by atoms with E-state index in [4.69, 9.17) is 11.5 Å². The van der Waals surface area contributed by atoms with Gasteiger partial charge < -0.3 is 11.5 Å². The zero-order valence-corrected chi connectivity index (χ0v) is 16.0. The van der Waals surface area contributed by atoms with E-state index in [2.05, 4.69) is 33.1 Å². The minimum Gasteiger partial charge on any atom is -0.404 e. The number of allylic oxidation sites excluding steroid dienone is 2. The number of hydrogen-bond donors (Lipinski definition) is 2. The predicted octanol–water partition coefficient (Wildman–Crippen LogP) is 3.98. The lowest BCUT2D eigenvalue weighted by Crippen LogP contribution is -2.29. The predicted molar refractivity (Wildman–Crippen MR) is 105 cm³/mol. The van der Waals surface area contributed by atoms with E-state index in [1.807, 2.05) is 12.1 Å². The van der Waals surface area contributed by atoms with Gasteiger partial charge in [0.15, 0.2) is 0 Å². The maximum absolute atomic E-state index is 9.97. The molecule has 1 fully saturated rings. The highest BCUT2D eigenvalue weighted by Gasteiger charge is 2.35. The van der Waals surface area contributed by atoms with Gasteiger partial charge in [0.1, 0.15) is 11.9 Å². The molecule has 2 aliphatic rings. The Balaban J connectivity index is 2.21. The summed E-state index contributed by atoms with van der Waals surface area (Å²) in [6, 6.07) is 9.97. The topological polar surface area (TPSA) is 112 Å². The van der Waals surface area contributed by atoms with Crippen molar-refractivity contribution in [3.05, 3.63) is 56.8 Å². The van der Waals surface area contributed by atoms with Crippen LogP contribution in [0.1, 0.15) is 49.1 Å². The second kappa shape index (κ2) is 7.76. The van der Waals surface area contributed by atoms with Crippen molar-refractivity contribution in [3.63, 3.8) is 0 Å². The van der Waals surface area contributed by atoms with E-state index in [1.54, 1.807) is 6.07 Å². The number of hydrogen-bond acceptors (Lipinski definition) is 5. The highest BCUT2D eigenvalue weighted by atomic mass is 79.9. The Bertz CT molecular complexity index is 892. The molecule has 5 nitrogen and oxygen atoms in total. The molecule has 1 aromatic rings. The van der Waals surface area contributed by atoms with E-state index in [-0.39, 0.29) is 5.92 Å². The quantitative estimate of drug-likeness (QED) is 0.768. The van der Waals surface area contributed by atoms with Crippen LogP contribution in [0.25, 0.3) is 0 Å². The number of nitrogens with zero attached hydrogens (tertiary/aromatic N) is 3. The molecule has 1 aliphatic carbocycles. The normalized spacial score (nSPS) is 22.7. The van der Waals surface area contributed by atoms with Crippen LogP contribution in [0.5, 0.6) is 0 Å². The third-order valence-corrected chi connectivity index (χ3v) is 6.05. The standard InChI is InChI=1S/C20H20BrN5/c21-18-13(9-22)7-4-8-14(18)17-15(10-23)19(12-5-2-1-3-6-12)26-20(25)16(17)11-24/h4,7-8,11-12,17H,1-3,5-6,24H2,(H2,25,26)/b16-11-. The summed E-state index contributed by atoms with van der Waals surface area (Å²) in [4.78, 5) is 4.58. The first-order valence-corrected chi connectivity index (χ1v) is 9.50. The van der Waals surface area contributed by atoms with Crippen molar-refractivity contribution < 1.29 is 0 Å². The second-order valence-corrected chi connectivity index (χ2v) is 7.41. The van der Waals surface area contributed by atoms with Gasteiger partial charge in [0.05, 0.1) is 28.8 Å². The van der Waals surface area contributed by atoms with Crippen molar-refractivity contribution in [2.75, 3.05) is 0 Å². The minimum atomic E-state index is -0.415. The zero-order chi connectivity index (χ0) is 18.7. The summed E-state index contributed by atoms with van der Waals surface area (Å²) < 4.78 is 0.664. The summed E-state index contributed by atoms with van der Waals surface area (Å²) in [5.41, 5.74) is 15.4. The molecule has 4 N–H and O–H groups in total. The smallest absolute Gasteiger partial charge is 0.129 e. The van der Waals surface area contributed by atoms with E-state index >= 15 is 0 Å². The Morgan fingerprint density at radius 3 is 2.50 bits per heavy atom. The molecule has 0 aromatic heterocycles. The molecule has 1 aromatic carbocycles. The molecule has 1 heterocycles. The van der Waals surface area contributed by atoms with Gasteiger partial charge in [-0.05, 0) is 40.4 Å². The molecule has 0 saturated heterocycles. The van der Waals surface area contributed by atoms with E-state index in [0.717, 1.165) is 36.9 Å². The highest BCUT2D eigenvalue weighted by Crippen LogP contribution is 2.44. The van der Waals surface area contributed by atoms with Crippen LogP contribution in [-0.2, 0) is 0 Å². The maximum Gasteiger partial charge on any atom is 0.129 e. The number of nitrogens with two attached hydrogens (primary N) is 2. The summed E-state index contributed by atoms with van der Waals surface area (Å²) in [6.07, 6.45) is 6.96. The molecule has 1 atom stereocenters. The highest BCUT2D eigenvalue weighted by molar-refractivity contribution is 9.10. The summed E-state index contributed by atoms with van der Waals surface area (Å²) in [6.45, 7) is 0. The van der Waals surface area contributed by atoms with Gasteiger partial charge in [0.25, 0.3) is 0 Å². The van der Waals surface area contributed by atoms with Crippen molar-refractivity contribution in [2.45, 2.75) is 38.0 Å².